The maximum atomic E-state index is 13.7. The van der Waals surface area contributed by atoms with Gasteiger partial charge in [-0.2, -0.15) is 0 Å². The molecule has 0 aromatic heterocycles. The Hall–Kier alpha value is -2.98. The summed E-state index contributed by atoms with van der Waals surface area (Å²) in [7, 11) is 1.56. The fourth-order valence-corrected chi connectivity index (χ4v) is 5.64. The lowest BCUT2D eigenvalue weighted by Gasteiger charge is -2.41. The first kappa shape index (κ1) is 25.1. The molecule has 2 aliphatic heterocycles. The van der Waals surface area contributed by atoms with Gasteiger partial charge in [0.05, 0.1) is 6.04 Å². The first-order chi connectivity index (χ1) is 16.8. The zero-order valence-electron chi connectivity index (χ0n) is 20.5. The van der Waals surface area contributed by atoms with E-state index in [0.717, 1.165) is 24.8 Å². The predicted molar refractivity (Wildman–Crippen MR) is 130 cm³/mol. The molecule has 10 heteroatoms. The first-order valence-electron chi connectivity index (χ1n) is 12.5. The number of rotatable bonds is 5. The number of carbonyl (C=O) groups excluding carboxylic acids is 4. The Morgan fingerprint density at radius 2 is 1.77 bits per heavy atom. The van der Waals surface area contributed by atoms with Gasteiger partial charge in [0, 0.05) is 13.5 Å². The number of hydrogen-bond acceptors (Lipinski definition) is 6. The first-order valence-corrected chi connectivity index (χ1v) is 12.5. The molecule has 2 heterocycles. The van der Waals surface area contributed by atoms with Crippen molar-refractivity contribution in [2.24, 2.45) is 5.73 Å². The van der Waals surface area contributed by atoms with Crippen LogP contribution in [-0.4, -0.2) is 71.4 Å². The highest BCUT2D eigenvalue weighted by atomic mass is 16.2. The van der Waals surface area contributed by atoms with Crippen molar-refractivity contribution in [2.75, 3.05) is 13.6 Å². The number of nitrogens with one attached hydrogen (secondary N) is 3. The number of likely N-dealkylation sites (N-methyl/N-ethyl adjacent to an activating group) is 1. The van der Waals surface area contributed by atoms with Crippen LogP contribution in [-0.2, 0) is 25.6 Å². The smallest absolute Gasteiger partial charge is 0.252 e. The second-order valence-corrected chi connectivity index (χ2v) is 9.65. The van der Waals surface area contributed by atoms with Crippen LogP contribution in [0.25, 0.3) is 0 Å². The lowest BCUT2D eigenvalue weighted by atomic mass is 9.87. The Bertz CT molecular complexity index is 984. The second kappa shape index (κ2) is 10.7. The van der Waals surface area contributed by atoms with E-state index in [4.69, 9.17) is 5.73 Å². The molecule has 190 valence electrons. The molecule has 0 radical (unpaired) electrons. The van der Waals surface area contributed by atoms with Crippen LogP contribution in [0.3, 0.4) is 0 Å². The molecule has 4 rings (SSSR count). The Kier molecular flexibility index (Phi) is 7.71. The Morgan fingerprint density at radius 1 is 1.03 bits per heavy atom. The topological polar surface area (TPSA) is 137 Å². The summed E-state index contributed by atoms with van der Waals surface area (Å²) in [5, 5.41) is 8.59. The van der Waals surface area contributed by atoms with Gasteiger partial charge < -0.3 is 26.2 Å². The maximum Gasteiger partial charge on any atom is 0.252 e. The third kappa shape index (κ3) is 5.18. The van der Waals surface area contributed by atoms with Crippen molar-refractivity contribution in [3.8, 4) is 0 Å². The monoisotopic (exact) mass is 484 g/mol. The van der Waals surface area contributed by atoms with E-state index in [2.05, 4.69) is 22.0 Å². The molecule has 10 nitrogen and oxygen atoms in total. The van der Waals surface area contributed by atoms with E-state index in [1.807, 2.05) is 18.2 Å². The van der Waals surface area contributed by atoms with Gasteiger partial charge in [0.1, 0.15) is 24.4 Å². The number of carbonyl (C=O) groups is 4. The number of hydrogen-bond donors (Lipinski definition) is 4. The van der Waals surface area contributed by atoms with Crippen molar-refractivity contribution in [1.29, 1.82) is 0 Å². The normalized spacial score (nSPS) is 27.2. The van der Waals surface area contributed by atoms with Gasteiger partial charge in [0.25, 0.3) is 5.91 Å². The van der Waals surface area contributed by atoms with E-state index in [1.54, 1.807) is 11.9 Å². The van der Waals surface area contributed by atoms with Crippen molar-refractivity contribution < 1.29 is 19.2 Å². The summed E-state index contributed by atoms with van der Waals surface area (Å²) in [5.41, 5.74) is 8.13. The summed E-state index contributed by atoms with van der Waals surface area (Å²) in [4.78, 5) is 55.4. The summed E-state index contributed by atoms with van der Waals surface area (Å²) in [5.74, 6) is -1.18. The Morgan fingerprint density at radius 3 is 2.51 bits per heavy atom. The minimum Gasteiger partial charge on any atom is -0.347 e. The fraction of sp³-hybridized carbons (Fsp3) is 0.600. The van der Waals surface area contributed by atoms with E-state index in [0.29, 0.717) is 32.2 Å². The van der Waals surface area contributed by atoms with Crippen LogP contribution in [0.4, 0.5) is 0 Å². The number of nitrogens with zero attached hydrogens (tertiary/aromatic N) is 2. The van der Waals surface area contributed by atoms with Crippen molar-refractivity contribution in [1.82, 2.24) is 25.8 Å². The lowest BCUT2D eigenvalue weighted by molar-refractivity contribution is -0.153. The standard InChI is InChI=1S/C25H36N6O4/c1-15(32)30-14-6-11-19(29-24(34)22(26)27-2)25(35)31-20(12-13-21(30)31)23(33)28-18-10-5-8-16-7-3-4-9-17(16)18/h3-4,7,9,18-22,27H,5-6,8,10-14,26H2,1-2H3,(H,28,33)(H,29,34)/t18?,19?,20?,21?,22-/m1/s1. The van der Waals surface area contributed by atoms with Crippen molar-refractivity contribution >= 4 is 23.6 Å². The molecule has 2 fully saturated rings. The van der Waals surface area contributed by atoms with E-state index < -0.39 is 30.3 Å². The third-order valence-corrected chi connectivity index (χ3v) is 7.46. The molecular formula is C25H36N6O4. The van der Waals surface area contributed by atoms with Crippen LogP contribution in [0.5, 0.6) is 0 Å². The number of fused-ring (bicyclic) bond motifs is 2. The molecule has 5 atom stereocenters. The molecule has 0 saturated carbocycles. The Balaban J connectivity index is 1.57. The molecule has 1 aromatic carbocycles. The molecule has 4 unspecified atom stereocenters. The molecule has 35 heavy (non-hydrogen) atoms. The number of aryl methyl sites for hydroxylation is 1. The highest BCUT2D eigenvalue weighted by Gasteiger charge is 2.47. The minimum absolute atomic E-state index is 0.107. The van der Waals surface area contributed by atoms with Gasteiger partial charge in [0.15, 0.2) is 0 Å². The van der Waals surface area contributed by atoms with Crippen LogP contribution in [0, 0.1) is 0 Å². The van der Waals surface area contributed by atoms with Gasteiger partial charge in [-0.25, -0.2) is 0 Å². The predicted octanol–water partition coefficient (Wildman–Crippen LogP) is 0.129. The largest absolute Gasteiger partial charge is 0.347 e. The summed E-state index contributed by atoms with van der Waals surface area (Å²) in [6.45, 7) is 1.94. The minimum atomic E-state index is -0.943. The van der Waals surface area contributed by atoms with E-state index in [1.165, 1.54) is 17.4 Å². The van der Waals surface area contributed by atoms with Crippen LogP contribution in [0.15, 0.2) is 24.3 Å². The number of benzene rings is 1. The highest BCUT2D eigenvalue weighted by Crippen LogP contribution is 2.33. The summed E-state index contributed by atoms with van der Waals surface area (Å²) >= 11 is 0. The summed E-state index contributed by atoms with van der Waals surface area (Å²) < 4.78 is 0. The molecule has 3 aliphatic rings. The average Bonchev–Trinajstić information content (AvgIpc) is 3.28. The number of amides is 4. The summed E-state index contributed by atoms with van der Waals surface area (Å²) in [6, 6.07) is 6.51. The SMILES string of the molecule is CN[C@@H](N)C(=O)NC1CCCN(C(C)=O)C2CCC(C(=O)NC3CCCc4ccccc43)N2C1=O. The van der Waals surface area contributed by atoms with Crippen molar-refractivity contribution in [2.45, 2.75) is 82.3 Å². The third-order valence-electron chi connectivity index (χ3n) is 7.46. The zero-order valence-corrected chi connectivity index (χ0v) is 20.5. The quantitative estimate of drug-likeness (QED) is 0.439. The van der Waals surface area contributed by atoms with Gasteiger partial charge in [0.2, 0.25) is 17.7 Å². The van der Waals surface area contributed by atoms with E-state index in [-0.39, 0.29) is 23.8 Å². The zero-order chi connectivity index (χ0) is 25.1. The molecule has 2 saturated heterocycles. The molecule has 0 spiro atoms. The molecule has 1 aliphatic carbocycles. The van der Waals surface area contributed by atoms with E-state index in [9.17, 15) is 19.2 Å². The van der Waals surface area contributed by atoms with Crippen molar-refractivity contribution in [3.63, 3.8) is 0 Å². The highest BCUT2D eigenvalue weighted by molar-refractivity contribution is 5.94. The van der Waals surface area contributed by atoms with E-state index >= 15 is 0 Å². The van der Waals surface area contributed by atoms with Gasteiger partial charge in [-0.1, -0.05) is 24.3 Å². The fourth-order valence-electron chi connectivity index (χ4n) is 5.64. The van der Waals surface area contributed by atoms with Crippen LogP contribution < -0.4 is 21.7 Å². The van der Waals surface area contributed by atoms with Crippen LogP contribution >= 0.6 is 0 Å². The Labute approximate surface area is 206 Å². The second-order valence-electron chi connectivity index (χ2n) is 9.65. The van der Waals surface area contributed by atoms with Crippen LogP contribution in [0.2, 0.25) is 0 Å². The van der Waals surface area contributed by atoms with Crippen LogP contribution in [0.1, 0.15) is 62.6 Å². The van der Waals surface area contributed by atoms with Gasteiger partial charge in [-0.15, -0.1) is 0 Å². The maximum absolute atomic E-state index is 13.7. The molecule has 0 bridgehead atoms. The van der Waals surface area contributed by atoms with Gasteiger partial charge in [-0.3, -0.25) is 24.5 Å². The summed E-state index contributed by atoms with van der Waals surface area (Å²) in [6.07, 6.45) is 3.25. The average molecular weight is 485 g/mol. The lowest BCUT2D eigenvalue weighted by Crippen LogP contribution is -2.62. The van der Waals surface area contributed by atoms with Crippen molar-refractivity contribution in [3.05, 3.63) is 35.4 Å². The van der Waals surface area contributed by atoms with Gasteiger partial charge >= 0.3 is 0 Å². The molecule has 5 N–H and O–H groups in total. The number of nitrogens with two attached hydrogens (primary N) is 1. The van der Waals surface area contributed by atoms with Gasteiger partial charge in [-0.05, 0) is 63.1 Å². The molecule has 4 amide bonds. The molecular weight excluding hydrogens is 448 g/mol. The molecule has 1 aromatic rings.